The van der Waals surface area contributed by atoms with E-state index >= 15 is 0 Å². The normalized spacial score (nSPS) is 21.4. The van der Waals surface area contributed by atoms with Crippen LogP contribution >= 0.6 is 0 Å². The number of rotatable bonds is 2. The highest BCUT2D eigenvalue weighted by Gasteiger charge is 2.37. The van der Waals surface area contributed by atoms with Crippen LogP contribution in [0.3, 0.4) is 0 Å². The molecular formula is C13H11F3N4O2. The SMILES string of the molecule is C[C@]1(c2ccc(OC(F)(F)F)cc2)CC(n2cncn2)=NO1. The van der Waals surface area contributed by atoms with E-state index in [1.807, 2.05) is 0 Å². The first-order valence-electron chi connectivity index (χ1n) is 6.32. The van der Waals surface area contributed by atoms with Gasteiger partial charge in [0.2, 0.25) is 0 Å². The molecule has 1 aliphatic rings. The van der Waals surface area contributed by atoms with E-state index in [1.165, 1.54) is 41.6 Å². The fourth-order valence-electron chi connectivity index (χ4n) is 2.15. The van der Waals surface area contributed by atoms with Crippen molar-refractivity contribution < 1.29 is 22.7 Å². The molecule has 9 heteroatoms. The number of nitrogens with zero attached hydrogens (tertiary/aromatic N) is 4. The molecule has 1 atom stereocenters. The van der Waals surface area contributed by atoms with Gasteiger partial charge in [0.15, 0.2) is 11.4 Å². The summed E-state index contributed by atoms with van der Waals surface area (Å²) in [5.41, 5.74) is -0.0983. The van der Waals surface area contributed by atoms with Crippen molar-refractivity contribution in [2.45, 2.75) is 25.3 Å². The van der Waals surface area contributed by atoms with E-state index in [2.05, 4.69) is 20.0 Å². The molecule has 0 radical (unpaired) electrons. The minimum atomic E-state index is -4.71. The topological polar surface area (TPSA) is 61.5 Å². The average Bonchev–Trinajstić information content (AvgIpc) is 3.07. The van der Waals surface area contributed by atoms with Gasteiger partial charge in [0.1, 0.15) is 18.4 Å². The van der Waals surface area contributed by atoms with Gasteiger partial charge in [-0.2, -0.15) is 5.10 Å². The molecule has 116 valence electrons. The molecular weight excluding hydrogens is 301 g/mol. The van der Waals surface area contributed by atoms with Crippen LogP contribution in [0.4, 0.5) is 13.2 Å². The van der Waals surface area contributed by atoms with Gasteiger partial charge in [0, 0.05) is 0 Å². The summed E-state index contributed by atoms with van der Waals surface area (Å²) in [7, 11) is 0. The molecule has 2 heterocycles. The Morgan fingerprint density at radius 2 is 2.00 bits per heavy atom. The molecule has 0 amide bonds. The highest BCUT2D eigenvalue weighted by Crippen LogP contribution is 2.35. The van der Waals surface area contributed by atoms with Crippen LogP contribution < -0.4 is 4.74 Å². The van der Waals surface area contributed by atoms with Gasteiger partial charge in [-0.05, 0) is 24.6 Å². The summed E-state index contributed by atoms with van der Waals surface area (Å²) < 4.78 is 41.8. The summed E-state index contributed by atoms with van der Waals surface area (Å²) >= 11 is 0. The number of hydrogen-bond donors (Lipinski definition) is 0. The Labute approximate surface area is 123 Å². The van der Waals surface area contributed by atoms with E-state index in [9.17, 15) is 13.2 Å². The van der Waals surface area contributed by atoms with Crippen LogP contribution in [0.1, 0.15) is 18.9 Å². The maximum absolute atomic E-state index is 12.1. The second-order valence-electron chi connectivity index (χ2n) is 4.92. The summed E-state index contributed by atoms with van der Waals surface area (Å²) in [6.45, 7) is 1.79. The summed E-state index contributed by atoms with van der Waals surface area (Å²) in [5, 5.41) is 7.92. The number of oxime groups is 1. The first kappa shape index (κ1) is 14.4. The van der Waals surface area contributed by atoms with E-state index in [-0.39, 0.29) is 5.75 Å². The fraction of sp³-hybridized carbons (Fsp3) is 0.308. The predicted octanol–water partition coefficient (Wildman–Crippen LogP) is 2.67. The Morgan fingerprint density at radius 3 is 2.59 bits per heavy atom. The maximum Gasteiger partial charge on any atom is 0.573 e. The minimum Gasteiger partial charge on any atom is -0.406 e. The van der Waals surface area contributed by atoms with Crippen molar-refractivity contribution in [1.82, 2.24) is 14.8 Å². The Hall–Kier alpha value is -2.58. The first-order valence-corrected chi connectivity index (χ1v) is 6.32. The van der Waals surface area contributed by atoms with Crippen LogP contribution in [-0.4, -0.2) is 27.0 Å². The standard InChI is InChI=1S/C13H11F3N4O2/c1-12(6-11(19-22-12)20-8-17-7-18-20)9-2-4-10(5-3-9)21-13(14,15)16/h2-5,7-8H,6H2,1H3/t12-/m1/s1. The molecule has 0 unspecified atom stereocenters. The molecule has 0 spiro atoms. The van der Waals surface area contributed by atoms with Gasteiger partial charge in [-0.3, -0.25) is 0 Å². The summed E-state index contributed by atoms with van der Waals surface area (Å²) in [4.78, 5) is 9.27. The van der Waals surface area contributed by atoms with Crippen LogP contribution in [0.5, 0.6) is 5.75 Å². The molecule has 1 aliphatic heterocycles. The zero-order valence-corrected chi connectivity index (χ0v) is 11.4. The molecule has 22 heavy (non-hydrogen) atoms. The van der Waals surface area contributed by atoms with Crippen molar-refractivity contribution in [3.63, 3.8) is 0 Å². The fourth-order valence-corrected chi connectivity index (χ4v) is 2.15. The molecule has 0 aliphatic carbocycles. The smallest absolute Gasteiger partial charge is 0.406 e. The summed E-state index contributed by atoms with van der Waals surface area (Å²) in [6.07, 6.45) is -1.43. The van der Waals surface area contributed by atoms with E-state index in [0.29, 0.717) is 17.8 Å². The molecule has 1 aromatic heterocycles. The van der Waals surface area contributed by atoms with Crippen LogP contribution in [0.15, 0.2) is 42.1 Å². The number of benzene rings is 1. The number of hydrogen-bond acceptors (Lipinski definition) is 5. The molecule has 2 aromatic rings. The van der Waals surface area contributed by atoms with Crippen molar-refractivity contribution in [2.24, 2.45) is 5.16 Å². The number of halogens is 3. The maximum atomic E-state index is 12.1. The molecule has 3 rings (SSSR count). The largest absolute Gasteiger partial charge is 0.573 e. The lowest BCUT2D eigenvalue weighted by atomic mass is 9.92. The van der Waals surface area contributed by atoms with E-state index in [1.54, 1.807) is 6.92 Å². The Bertz CT molecular complexity index is 682. The summed E-state index contributed by atoms with van der Waals surface area (Å²) in [6, 6.07) is 5.51. The molecule has 0 fully saturated rings. The molecule has 0 saturated heterocycles. The Kier molecular flexibility index (Phi) is 3.27. The average molecular weight is 312 g/mol. The van der Waals surface area contributed by atoms with Gasteiger partial charge >= 0.3 is 6.36 Å². The number of aromatic nitrogens is 3. The van der Waals surface area contributed by atoms with Crippen molar-refractivity contribution >= 4 is 5.84 Å². The third-order valence-corrected chi connectivity index (χ3v) is 3.23. The lowest BCUT2D eigenvalue weighted by Gasteiger charge is -2.22. The van der Waals surface area contributed by atoms with E-state index in [4.69, 9.17) is 4.84 Å². The molecule has 0 N–H and O–H groups in total. The lowest BCUT2D eigenvalue weighted by Crippen LogP contribution is -2.24. The van der Waals surface area contributed by atoms with Gasteiger partial charge in [-0.15, -0.1) is 13.2 Å². The van der Waals surface area contributed by atoms with Crippen molar-refractivity contribution in [1.29, 1.82) is 0 Å². The third-order valence-electron chi connectivity index (χ3n) is 3.23. The highest BCUT2D eigenvalue weighted by molar-refractivity contribution is 5.85. The zero-order valence-electron chi connectivity index (χ0n) is 11.4. The van der Waals surface area contributed by atoms with Gasteiger partial charge in [0.05, 0.1) is 6.42 Å². The Morgan fingerprint density at radius 1 is 1.27 bits per heavy atom. The predicted molar refractivity (Wildman–Crippen MR) is 69.0 cm³/mol. The second-order valence-corrected chi connectivity index (χ2v) is 4.92. The van der Waals surface area contributed by atoms with Crippen molar-refractivity contribution in [3.8, 4) is 5.75 Å². The van der Waals surface area contributed by atoms with Gasteiger partial charge in [0.25, 0.3) is 0 Å². The highest BCUT2D eigenvalue weighted by atomic mass is 19.4. The quantitative estimate of drug-likeness (QED) is 0.855. The zero-order chi connectivity index (χ0) is 15.8. The lowest BCUT2D eigenvalue weighted by molar-refractivity contribution is -0.274. The van der Waals surface area contributed by atoms with Crippen LogP contribution in [-0.2, 0) is 10.4 Å². The van der Waals surface area contributed by atoms with Gasteiger partial charge in [-0.25, -0.2) is 9.67 Å². The molecule has 6 nitrogen and oxygen atoms in total. The molecule has 0 saturated carbocycles. The van der Waals surface area contributed by atoms with Crippen LogP contribution in [0.2, 0.25) is 0 Å². The minimum absolute atomic E-state index is 0.282. The van der Waals surface area contributed by atoms with Crippen LogP contribution in [0, 0.1) is 0 Å². The van der Waals surface area contributed by atoms with Crippen molar-refractivity contribution in [3.05, 3.63) is 42.5 Å². The monoisotopic (exact) mass is 312 g/mol. The van der Waals surface area contributed by atoms with E-state index in [0.717, 1.165) is 0 Å². The van der Waals surface area contributed by atoms with Gasteiger partial charge < -0.3 is 9.57 Å². The van der Waals surface area contributed by atoms with Crippen LogP contribution in [0.25, 0.3) is 0 Å². The molecule has 1 aromatic carbocycles. The molecule has 0 bridgehead atoms. The first-order chi connectivity index (χ1) is 10.4. The second kappa shape index (κ2) is 5.00. The van der Waals surface area contributed by atoms with Gasteiger partial charge in [-0.1, -0.05) is 17.3 Å². The Balaban J connectivity index is 1.75. The van der Waals surface area contributed by atoms with E-state index < -0.39 is 12.0 Å². The summed E-state index contributed by atoms with van der Waals surface area (Å²) in [5.74, 6) is 0.283. The number of alkyl halides is 3. The number of ether oxygens (including phenoxy) is 1. The third kappa shape index (κ3) is 2.87. The van der Waals surface area contributed by atoms with Crippen molar-refractivity contribution in [2.75, 3.05) is 0 Å².